The Kier molecular flexibility index (Phi) is 3.94. The lowest BCUT2D eigenvalue weighted by atomic mass is 9.91. The van der Waals surface area contributed by atoms with Crippen LogP contribution in [-0.4, -0.2) is 35.5 Å². The van der Waals surface area contributed by atoms with Gasteiger partial charge in [0.15, 0.2) is 0 Å². The lowest BCUT2D eigenvalue weighted by Crippen LogP contribution is -2.44. The molecule has 0 aromatic heterocycles. The zero-order valence-electron chi connectivity index (χ0n) is 10.3. The molecule has 0 bridgehead atoms. The lowest BCUT2D eigenvalue weighted by Gasteiger charge is -2.27. The maximum atomic E-state index is 11.9. The van der Waals surface area contributed by atoms with E-state index in [2.05, 4.69) is 0 Å². The van der Waals surface area contributed by atoms with Crippen molar-refractivity contribution in [1.29, 1.82) is 0 Å². The van der Waals surface area contributed by atoms with Gasteiger partial charge >= 0.3 is 5.97 Å². The number of amides is 1. The van der Waals surface area contributed by atoms with Gasteiger partial charge < -0.3 is 10.0 Å². The van der Waals surface area contributed by atoms with Crippen LogP contribution in [0.1, 0.15) is 39.5 Å². The molecule has 1 saturated carbocycles. The Labute approximate surface area is 96.6 Å². The summed E-state index contributed by atoms with van der Waals surface area (Å²) in [6, 6.07) is 0. The third-order valence-corrected chi connectivity index (χ3v) is 3.42. The first-order chi connectivity index (χ1) is 7.35. The molecule has 4 heteroatoms. The number of carboxylic acids is 1. The largest absolute Gasteiger partial charge is 0.480 e. The van der Waals surface area contributed by atoms with Gasteiger partial charge in [-0.15, -0.1) is 0 Å². The topological polar surface area (TPSA) is 57.6 Å². The SMILES string of the molecule is CN(CC1CCCC1)C(=O)C(C)(C)C(=O)O. The van der Waals surface area contributed by atoms with E-state index in [1.165, 1.54) is 26.7 Å². The van der Waals surface area contributed by atoms with Crippen LogP contribution in [0.5, 0.6) is 0 Å². The minimum absolute atomic E-state index is 0.299. The molecule has 0 heterocycles. The molecule has 0 spiro atoms. The highest BCUT2D eigenvalue weighted by Gasteiger charge is 2.38. The Bertz CT molecular complexity index is 280. The highest BCUT2D eigenvalue weighted by molar-refractivity contribution is 6.00. The van der Waals surface area contributed by atoms with Crippen LogP contribution < -0.4 is 0 Å². The minimum Gasteiger partial charge on any atom is -0.480 e. The monoisotopic (exact) mass is 227 g/mol. The number of carboxylic acid groups (broad SMARTS) is 1. The van der Waals surface area contributed by atoms with E-state index in [1.54, 1.807) is 11.9 Å². The minimum atomic E-state index is -1.31. The molecule has 1 aliphatic carbocycles. The fourth-order valence-corrected chi connectivity index (χ4v) is 2.23. The molecule has 1 amide bonds. The van der Waals surface area contributed by atoms with E-state index in [1.807, 2.05) is 0 Å². The number of hydrogen-bond acceptors (Lipinski definition) is 2. The molecule has 0 radical (unpaired) electrons. The molecule has 1 N–H and O–H groups in total. The summed E-state index contributed by atoms with van der Waals surface area (Å²) in [4.78, 5) is 24.5. The van der Waals surface area contributed by atoms with Crippen LogP contribution in [0.3, 0.4) is 0 Å². The molecule has 92 valence electrons. The molecule has 16 heavy (non-hydrogen) atoms. The summed E-state index contributed by atoms with van der Waals surface area (Å²) in [5.41, 5.74) is -1.31. The number of rotatable bonds is 4. The molecule has 0 aromatic carbocycles. The molecule has 0 saturated heterocycles. The molecule has 0 aromatic rings. The van der Waals surface area contributed by atoms with Gasteiger partial charge in [-0.3, -0.25) is 9.59 Å². The van der Waals surface area contributed by atoms with Crippen molar-refractivity contribution >= 4 is 11.9 Å². The van der Waals surface area contributed by atoms with Crippen molar-refractivity contribution in [3.63, 3.8) is 0 Å². The average Bonchev–Trinajstić information content (AvgIpc) is 2.68. The molecular weight excluding hydrogens is 206 g/mol. The Morgan fingerprint density at radius 2 is 1.81 bits per heavy atom. The molecule has 0 unspecified atom stereocenters. The fourth-order valence-electron chi connectivity index (χ4n) is 2.23. The van der Waals surface area contributed by atoms with E-state index >= 15 is 0 Å². The van der Waals surface area contributed by atoms with Gasteiger partial charge in [-0.05, 0) is 32.6 Å². The third-order valence-electron chi connectivity index (χ3n) is 3.42. The van der Waals surface area contributed by atoms with Crippen molar-refractivity contribution in [2.45, 2.75) is 39.5 Å². The zero-order valence-corrected chi connectivity index (χ0v) is 10.3. The molecule has 1 fully saturated rings. The molecule has 1 aliphatic rings. The number of nitrogens with zero attached hydrogens (tertiary/aromatic N) is 1. The first-order valence-electron chi connectivity index (χ1n) is 5.84. The second-order valence-corrected chi connectivity index (χ2v) is 5.27. The van der Waals surface area contributed by atoms with E-state index < -0.39 is 11.4 Å². The lowest BCUT2D eigenvalue weighted by molar-refractivity contribution is -0.157. The van der Waals surface area contributed by atoms with Crippen molar-refractivity contribution in [2.75, 3.05) is 13.6 Å². The third kappa shape index (κ3) is 2.74. The van der Waals surface area contributed by atoms with Gasteiger partial charge in [-0.25, -0.2) is 0 Å². The molecular formula is C12H21NO3. The molecule has 0 aliphatic heterocycles. The molecule has 4 nitrogen and oxygen atoms in total. The van der Waals surface area contributed by atoms with Crippen molar-refractivity contribution in [3.05, 3.63) is 0 Å². The standard InChI is InChI=1S/C12H21NO3/c1-12(2,11(15)16)10(14)13(3)8-9-6-4-5-7-9/h9H,4-8H2,1-3H3,(H,15,16). The van der Waals surface area contributed by atoms with Crippen LogP contribution in [0.2, 0.25) is 0 Å². The van der Waals surface area contributed by atoms with Gasteiger partial charge in [0.2, 0.25) is 5.91 Å². The van der Waals surface area contributed by atoms with Gasteiger partial charge in [-0.1, -0.05) is 12.8 Å². The van der Waals surface area contributed by atoms with Crippen LogP contribution >= 0.6 is 0 Å². The fraction of sp³-hybridized carbons (Fsp3) is 0.833. The van der Waals surface area contributed by atoms with Crippen molar-refractivity contribution in [1.82, 2.24) is 4.90 Å². The number of hydrogen-bond donors (Lipinski definition) is 1. The highest BCUT2D eigenvalue weighted by atomic mass is 16.4. The molecule has 1 rings (SSSR count). The summed E-state index contributed by atoms with van der Waals surface area (Å²) in [5.74, 6) is -0.804. The van der Waals surface area contributed by atoms with Gasteiger partial charge in [0, 0.05) is 13.6 Å². The Hall–Kier alpha value is -1.06. The normalized spacial score (nSPS) is 17.4. The first kappa shape index (κ1) is 13.0. The van der Waals surface area contributed by atoms with Gasteiger partial charge in [0.25, 0.3) is 0 Å². The van der Waals surface area contributed by atoms with Crippen molar-refractivity contribution < 1.29 is 14.7 Å². The van der Waals surface area contributed by atoms with Crippen molar-refractivity contribution in [3.8, 4) is 0 Å². The zero-order chi connectivity index (χ0) is 12.3. The predicted octanol–water partition coefficient (Wildman–Crippen LogP) is 1.75. The summed E-state index contributed by atoms with van der Waals surface area (Å²) in [6.45, 7) is 3.61. The highest BCUT2D eigenvalue weighted by Crippen LogP contribution is 2.27. The maximum Gasteiger partial charge on any atom is 0.318 e. The Morgan fingerprint density at radius 3 is 2.25 bits per heavy atom. The quantitative estimate of drug-likeness (QED) is 0.744. The number of carbonyl (C=O) groups is 2. The Balaban J connectivity index is 2.55. The Morgan fingerprint density at radius 1 is 1.31 bits per heavy atom. The van der Waals surface area contributed by atoms with E-state index in [0.29, 0.717) is 12.5 Å². The second-order valence-electron chi connectivity index (χ2n) is 5.27. The number of aliphatic carboxylic acids is 1. The average molecular weight is 227 g/mol. The van der Waals surface area contributed by atoms with Crippen LogP contribution in [-0.2, 0) is 9.59 Å². The molecule has 0 atom stereocenters. The summed E-state index contributed by atoms with van der Waals surface area (Å²) >= 11 is 0. The number of carbonyl (C=O) groups excluding carboxylic acids is 1. The van der Waals surface area contributed by atoms with Crippen molar-refractivity contribution in [2.24, 2.45) is 11.3 Å². The van der Waals surface area contributed by atoms with Gasteiger partial charge in [0.05, 0.1) is 0 Å². The van der Waals surface area contributed by atoms with Gasteiger partial charge in [0.1, 0.15) is 5.41 Å². The van der Waals surface area contributed by atoms with E-state index in [0.717, 1.165) is 12.8 Å². The summed E-state index contributed by atoms with van der Waals surface area (Å²) in [6.07, 6.45) is 4.78. The van der Waals surface area contributed by atoms with Crippen LogP contribution in [0.25, 0.3) is 0 Å². The van der Waals surface area contributed by atoms with Crippen LogP contribution in [0.4, 0.5) is 0 Å². The van der Waals surface area contributed by atoms with Crippen LogP contribution in [0, 0.1) is 11.3 Å². The van der Waals surface area contributed by atoms with E-state index in [-0.39, 0.29) is 5.91 Å². The maximum absolute atomic E-state index is 11.9. The van der Waals surface area contributed by atoms with E-state index in [4.69, 9.17) is 5.11 Å². The first-order valence-corrected chi connectivity index (χ1v) is 5.84. The predicted molar refractivity (Wildman–Crippen MR) is 61.0 cm³/mol. The summed E-state index contributed by atoms with van der Waals surface area (Å²) < 4.78 is 0. The second kappa shape index (κ2) is 4.85. The smallest absolute Gasteiger partial charge is 0.318 e. The summed E-state index contributed by atoms with van der Waals surface area (Å²) in [7, 11) is 1.70. The van der Waals surface area contributed by atoms with Crippen LogP contribution in [0.15, 0.2) is 0 Å². The van der Waals surface area contributed by atoms with E-state index in [9.17, 15) is 9.59 Å². The van der Waals surface area contributed by atoms with Gasteiger partial charge in [-0.2, -0.15) is 0 Å². The summed E-state index contributed by atoms with van der Waals surface area (Å²) in [5, 5.41) is 8.97.